The minimum Gasteiger partial charge on any atom is -0.319 e. The van der Waals surface area contributed by atoms with E-state index in [2.05, 4.69) is 10.4 Å². The molecule has 0 atom stereocenters. The quantitative estimate of drug-likeness (QED) is 0.723. The van der Waals surface area contributed by atoms with E-state index in [-0.39, 0.29) is 11.8 Å². The Kier molecular flexibility index (Phi) is 4.57. The molecule has 2 aromatic carbocycles. The number of benzene rings is 2. The van der Waals surface area contributed by atoms with Crippen LogP contribution in [0.4, 0.5) is 18.9 Å². The van der Waals surface area contributed by atoms with Crippen LogP contribution in [0.1, 0.15) is 26.4 Å². The van der Waals surface area contributed by atoms with Gasteiger partial charge in [0, 0.05) is 6.20 Å². The van der Waals surface area contributed by atoms with Gasteiger partial charge in [-0.05, 0) is 43.3 Å². The maximum absolute atomic E-state index is 13.9. The van der Waals surface area contributed by atoms with Crippen LogP contribution >= 0.6 is 0 Å². The molecule has 0 spiro atoms. The van der Waals surface area contributed by atoms with Gasteiger partial charge < -0.3 is 5.32 Å². The van der Waals surface area contributed by atoms with E-state index in [1.165, 1.54) is 35.1 Å². The fraction of sp³-hybridized carbons (Fsp3) is 0.0556. The van der Waals surface area contributed by atoms with Gasteiger partial charge in [0.1, 0.15) is 5.82 Å². The highest BCUT2D eigenvalue weighted by Crippen LogP contribution is 2.21. The molecule has 0 saturated carbocycles. The van der Waals surface area contributed by atoms with Crippen LogP contribution in [0, 0.1) is 24.4 Å². The van der Waals surface area contributed by atoms with E-state index in [4.69, 9.17) is 0 Å². The average Bonchev–Trinajstić information content (AvgIpc) is 3.01. The van der Waals surface area contributed by atoms with E-state index in [9.17, 15) is 22.8 Å². The number of anilines is 1. The number of nitrogens with one attached hydrogen (secondary N) is 1. The molecule has 5 nitrogen and oxygen atoms in total. The average molecular weight is 359 g/mol. The summed E-state index contributed by atoms with van der Waals surface area (Å²) in [6.45, 7) is 1.57. The molecule has 1 N–H and O–H groups in total. The highest BCUT2D eigenvalue weighted by atomic mass is 19.2. The molecule has 0 unspecified atom stereocenters. The number of carbonyl (C=O) groups excluding carboxylic acids is 2. The lowest BCUT2D eigenvalue weighted by Crippen LogP contribution is -2.14. The largest absolute Gasteiger partial charge is 0.319 e. The molecular weight excluding hydrogens is 347 g/mol. The van der Waals surface area contributed by atoms with Gasteiger partial charge in [-0.25, -0.2) is 17.9 Å². The van der Waals surface area contributed by atoms with Gasteiger partial charge in [-0.2, -0.15) is 5.10 Å². The van der Waals surface area contributed by atoms with Gasteiger partial charge >= 0.3 is 0 Å². The first-order valence-corrected chi connectivity index (χ1v) is 7.47. The minimum absolute atomic E-state index is 0.133. The number of aryl methyl sites for hydroxylation is 1. The molecule has 1 heterocycles. The lowest BCUT2D eigenvalue weighted by molar-refractivity contribution is 0.102. The van der Waals surface area contributed by atoms with Gasteiger partial charge in [-0.1, -0.05) is 0 Å². The standard InChI is InChI=1S/C18H12F3N3O2/c1-10-14(8-24(23-10)13-5-3-12(19)4-6-13)18(26)22-15-7-2-11(9-25)16(20)17(15)21/h2-9H,1H3,(H,22,26). The van der Waals surface area contributed by atoms with Crippen molar-refractivity contribution >= 4 is 17.9 Å². The number of hydrogen-bond donors (Lipinski definition) is 1. The van der Waals surface area contributed by atoms with E-state index in [1.54, 1.807) is 6.92 Å². The summed E-state index contributed by atoms with van der Waals surface area (Å²) in [5.74, 6) is -3.78. The zero-order valence-corrected chi connectivity index (χ0v) is 13.5. The Balaban J connectivity index is 1.88. The molecule has 1 amide bonds. The molecule has 26 heavy (non-hydrogen) atoms. The van der Waals surface area contributed by atoms with Crippen LogP contribution in [-0.4, -0.2) is 22.0 Å². The third-order valence-corrected chi connectivity index (χ3v) is 3.72. The van der Waals surface area contributed by atoms with Gasteiger partial charge in [0.15, 0.2) is 17.9 Å². The highest BCUT2D eigenvalue weighted by Gasteiger charge is 2.18. The molecule has 0 aliphatic rings. The second-order valence-electron chi connectivity index (χ2n) is 5.45. The van der Waals surface area contributed by atoms with Crippen LogP contribution in [0.5, 0.6) is 0 Å². The number of amides is 1. The molecule has 0 bridgehead atoms. The van der Waals surface area contributed by atoms with Gasteiger partial charge in [-0.15, -0.1) is 0 Å². The fourth-order valence-electron chi connectivity index (χ4n) is 2.35. The lowest BCUT2D eigenvalue weighted by atomic mass is 10.2. The number of hydrogen-bond acceptors (Lipinski definition) is 3. The third kappa shape index (κ3) is 3.21. The molecule has 8 heteroatoms. The molecule has 0 fully saturated rings. The molecule has 3 rings (SSSR count). The van der Waals surface area contributed by atoms with Crippen molar-refractivity contribution in [2.45, 2.75) is 6.92 Å². The van der Waals surface area contributed by atoms with Crippen LogP contribution in [0.25, 0.3) is 5.69 Å². The predicted molar refractivity (Wildman–Crippen MR) is 88.0 cm³/mol. The summed E-state index contributed by atoms with van der Waals surface area (Å²) in [5.41, 5.74) is 0.166. The van der Waals surface area contributed by atoms with Crippen molar-refractivity contribution in [3.05, 3.63) is 76.9 Å². The zero-order chi connectivity index (χ0) is 18.8. The van der Waals surface area contributed by atoms with Gasteiger partial charge in [0.2, 0.25) is 0 Å². The van der Waals surface area contributed by atoms with E-state index >= 15 is 0 Å². The summed E-state index contributed by atoms with van der Waals surface area (Å²) in [6, 6.07) is 7.63. The number of aromatic nitrogens is 2. The van der Waals surface area contributed by atoms with Crippen molar-refractivity contribution in [3.63, 3.8) is 0 Å². The van der Waals surface area contributed by atoms with Gasteiger partial charge in [0.25, 0.3) is 5.91 Å². The molecule has 132 valence electrons. The number of rotatable bonds is 4. The topological polar surface area (TPSA) is 64.0 Å². The maximum Gasteiger partial charge on any atom is 0.259 e. The Morgan fingerprint density at radius 1 is 1.08 bits per heavy atom. The normalized spacial score (nSPS) is 10.6. The number of aldehydes is 1. The van der Waals surface area contributed by atoms with E-state index in [0.717, 1.165) is 12.1 Å². The predicted octanol–water partition coefficient (Wildman–Crippen LogP) is 3.66. The third-order valence-electron chi connectivity index (χ3n) is 3.72. The van der Waals surface area contributed by atoms with Crippen LogP contribution in [-0.2, 0) is 0 Å². The number of carbonyl (C=O) groups is 2. The summed E-state index contributed by atoms with van der Waals surface area (Å²) in [6.07, 6.45) is 1.58. The highest BCUT2D eigenvalue weighted by molar-refractivity contribution is 6.05. The van der Waals surface area contributed by atoms with Gasteiger partial charge in [0.05, 0.1) is 28.2 Å². The molecular formula is C18H12F3N3O2. The van der Waals surface area contributed by atoms with Crippen molar-refractivity contribution in [1.29, 1.82) is 0 Å². The zero-order valence-electron chi connectivity index (χ0n) is 13.5. The Hall–Kier alpha value is -3.42. The van der Waals surface area contributed by atoms with Crippen molar-refractivity contribution in [2.75, 3.05) is 5.32 Å². The molecule has 0 saturated heterocycles. The molecule has 3 aromatic rings. The van der Waals surface area contributed by atoms with E-state index in [0.29, 0.717) is 11.4 Å². The molecule has 0 aliphatic carbocycles. The van der Waals surface area contributed by atoms with E-state index in [1.807, 2.05) is 0 Å². The summed E-state index contributed by atoms with van der Waals surface area (Å²) in [4.78, 5) is 23.0. The van der Waals surface area contributed by atoms with Gasteiger partial charge in [-0.3, -0.25) is 9.59 Å². The smallest absolute Gasteiger partial charge is 0.259 e. The Morgan fingerprint density at radius 2 is 1.77 bits per heavy atom. The van der Waals surface area contributed by atoms with Crippen molar-refractivity contribution in [1.82, 2.24) is 9.78 Å². The SMILES string of the molecule is Cc1nn(-c2ccc(F)cc2)cc1C(=O)Nc1ccc(C=O)c(F)c1F. The number of nitrogens with zero attached hydrogens (tertiary/aromatic N) is 2. The van der Waals surface area contributed by atoms with Crippen molar-refractivity contribution in [3.8, 4) is 5.69 Å². The lowest BCUT2D eigenvalue weighted by Gasteiger charge is -2.07. The van der Waals surface area contributed by atoms with Crippen LogP contribution in [0.2, 0.25) is 0 Å². The monoisotopic (exact) mass is 359 g/mol. The summed E-state index contributed by atoms with van der Waals surface area (Å²) >= 11 is 0. The first-order chi connectivity index (χ1) is 12.4. The Morgan fingerprint density at radius 3 is 2.42 bits per heavy atom. The van der Waals surface area contributed by atoms with Crippen LogP contribution in [0.15, 0.2) is 42.6 Å². The summed E-state index contributed by atoms with van der Waals surface area (Å²) in [5, 5.41) is 6.41. The first-order valence-electron chi connectivity index (χ1n) is 7.47. The molecule has 1 aromatic heterocycles. The Bertz CT molecular complexity index is 998. The first kappa shape index (κ1) is 17.4. The van der Waals surface area contributed by atoms with Crippen LogP contribution in [0.3, 0.4) is 0 Å². The fourth-order valence-corrected chi connectivity index (χ4v) is 2.35. The molecule has 0 aliphatic heterocycles. The second kappa shape index (κ2) is 6.83. The Labute approximate surface area is 146 Å². The van der Waals surface area contributed by atoms with E-state index < -0.39 is 34.6 Å². The number of halogens is 3. The summed E-state index contributed by atoms with van der Waals surface area (Å²) in [7, 11) is 0. The minimum atomic E-state index is -1.34. The van der Waals surface area contributed by atoms with Crippen LogP contribution < -0.4 is 5.32 Å². The maximum atomic E-state index is 13.9. The van der Waals surface area contributed by atoms with Crippen molar-refractivity contribution < 1.29 is 22.8 Å². The molecule has 0 radical (unpaired) electrons. The second-order valence-corrected chi connectivity index (χ2v) is 5.45. The van der Waals surface area contributed by atoms with Crippen molar-refractivity contribution in [2.24, 2.45) is 0 Å². The summed E-state index contributed by atoms with van der Waals surface area (Å²) < 4.78 is 41.9.